The maximum absolute atomic E-state index is 13.6. The number of aromatic nitrogens is 1. The zero-order chi connectivity index (χ0) is 28.8. The molecule has 1 atom stereocenters. The predicted molar refractivity (Wildman–Crippen MR) is 156 cm³/mol. The molecule has 3 heterocycles. The molecule has 1 amide bonds. The Morgan fingerprint density at radius 2 is 1.66 bits per heavy atom. The number of carbonyl (C=O) groups is 2. The van der Waals surface area contributed by atoms with Crippen molar-refractivity contribution in [2.45, 2.75) is 86.6 Å². The Hall–Kier alpha value is -2.54. The lowest BCUT2D eigenvalue weighted by Crippen LogP contribution is -2.35. The van der Waals surface area contributed by atoms with Gasteiger partial charge in [-0.25, -0.2) is 13.4 Å². The monoisotopic (exact) mass is 605 g/mol. The van der Waals surface area contributed by atoms with Gasteiger partial charge in [0, 0.05) is 26.3 Å². The number of carboxylic acids is 1. The van der Waals surface area contributed by atoms with Crippen molar-refractivity contribution in [2.24, 2.45) is 5.92 Å². The molecule has 10 nitrogen and oxygen atoms in total. The number of amides is 1. The van der Waals surface area contributed by atoms with Gasteiger partial charge >= 0.3 is 5.97 Å². The van der Waals surface area contributed by atoms with Crippen LogP contribution >= 0.6 is 11.3 Å². The molecule has 1 aromatic heterocycles. The smallest absolute Gasteiger partial charge is 0.306 e. The van der Waals surface area contributed by atoms with Gasteiger partial charge in [0.2, 0.25) is 0 Å². The van der Waals surface area contributed by atoms with Crippen LogP contribution in [0.15, 0.2) is 35.4 Å². The molecule has 1 saturated carbocycles. The number of rotatable bonds is 9. The summed E-state index contributed by atoms with van der Waals surface area (Å²) in [7, 11) is -3.49. The molecule has 41 heavy (non-hydrogen) atoms. The molecule has 2 N–H and O–H groups in total. The summed E-state index contributed by atoms with van der Waals surface area (Å²) in [4.78, 5) is 31.7. The molecular weight excluding hydrogens is 566 g/mol. The van der Waals surface area contributed by atoms with Crippen molar-refractivity contribution in [3.05, 3.63) is 36.0 Å². The molecule has 3 aliphatic rings. The van der Waals surface area contributed by atoms with Gasteiger partial charge in [-0.05, 0) is 56.2 Å². The average Bonchev–Trinajstić information content (AvgIpc) is 3.30. The summed E-state index contributed by atoms with van der Waals surface area (Å²) >= 11 is 1.35. The summed E-state index contributed by atoms with van der Waals surface area (Å²) in [5.41, 5.74) is 0.602. The number of nitrogens with one attached hydrogen (secondary N) is 1. The van der Waals surface area contributed by atoms with Crippen LogP contribution in [-0.4, -0.2) is 68.0 Å². The number of ether oxygens (including phenoxy) is 2. The van der Waals surface area contributed by atoms with Crippen LogP contribution in [0.1, 0.15) is 75.9 Å². The number of benzene rings is 1. The van der Waals surface area contributed by atoms with Crippen molar-refractivity contribution in [1.82, 2.24) is 4.98 Å². The Balaban J connectivity index is 1.30. The van der Waals surface area contributed by atoms with E-state index in [2.05, 4.69) is 15.2 Å². The fourth-order valence-electron chi connectivity index (χ4n) is 5.86. The lowest BCUT2D eigenvalue weighted by molar-refractivity contribution is -0.142. The molecule has 2 saturated heterocycles. The second kappa shape index (κ2) is 13.6. The number of hydrogen-bond acceptors (Lipinski definition) is 9. The summed E-state index contributed by atoms with van der Waals surface area (Å²) in [6.07, 6.45) is 9.03. The summed E-state index contributed by atoms with van der Waals surface area (Å²) < 4.78 is 38.1. The maximum atomic E-state index is 13.6. The number of aliphatic carboxylic acids is 1. The van der Waals surface area contributed by atoms with Gasteiger partial charge in [-0.2, -0.15) is 0 Å². The minimum atomic E-state index is -3.49. The fourth-order valence-corrected chi connectivity index (χ4v) is 8.45. The minimum absolute atomic E-state index is 0.0544. The number of thiazole rings is 1. The van der Waals surface area contributed by atoms with Crippen molar-refractivity contribution in [1.29, 1.82) is 0 Å². The van der Waals surface area contributed by atoms with Gasteiger partial charge in [-0.15, -0.1) is 0 Å². The maximum Gasteiger partial charge on any atom is 0.306 e. The number of carboxylic acid groups (broad SMARTS) is 1. The van der Waals surface area contributed by atoms with E-state index < -0.39 is 27.2 Å². The zero-order valence-electron chi connectivity index (χ0n) is 23.2. The first-order chi connectivity index (χ1) is 19.8. The highest BCUT2D eigenvalue weighted by molar-refractivity contribution is 7.92. The minimum Gasteiger partial charge on any atom is -0.481 e. The van der Waals surface area contributed by atoms with E-state index in [9.17, 15) is 23.1 Å². The second-order valence-corrected chi connectivity index (χ2v) is 14.4. The third-order valence-electron chi connectivity index (χ3n) is 8.37. The van der Waals surface area contributed by atoms with Gasteiger partial charge < -0.3 is 19.5 Å². The number of carbonyl (C=O) groups excluding carboxylic acids is 1. The Kier molecular flexibility index (Phi) is 9.95. The van der Waals surface area contributed by atoms with Crippen molar-refractivity contribution in [2.75, 3.05) is 36.5 Å². The molecule has 1 unspecified atom stereocenters. The number of nitrogens with zero attached hydrogens (tertiary/aromatic N) is 2. The highest BCUT2D eigenvalue weighted by Crippen LogP contribution is 2.33. The topological polar surface area (TPSA) is 135 Å². The molecule has 1 aromatic carbocycles. The Labute approximate surface area is 245 Å². The zero-order valence-corrected chi connectivity index (χ0v) is 24.8. The van der Waals surface area contributed by atoms with Crippen molar-refractivity contribution < 1.29 is 32.6 Å². The van der Waals surface area contributed by atoms with Crippen LogP contribution in [0.2, 0.25) is 0 Å². The quantitative estimate of drug-likeness (QED) is 0.386. The number of hydrogen-bond donors (Lipinski definition) is 2. The van der Waals surface area contributed by atoms with Gasteiger partial charge in [0.15, 0.2) is 21.1 Å². The van der Waals surface area contributed by atoms with Crippen LogP contribution in [0, 0.1) is 5.92 Å². The third kappa shape index (κ3) is 7.46. The molecule has 12 heteroatoms. The first kappa shape index (κ1) is 29.9. The van der Waals surface area contributed by atoms with Crippen LogP contribution < -0.4 is 10.2 Å². The normalized spacial score (nSPS) is 20.8. The molecule has 2 aliphatic heterocycles. The summed E-state index contributed by atoms with van der Waals surface area (Å²) in [6, 6.07) is 6.54. The van der Waals surface area contributed by atoms with Crippen molar-refractivity contribution >= 4 is 43.2 Å². The number of anilines is 2. The highest BCUT2D eigenvalue weighted by atomic mass is 32.2. The van der Waals surface area contributed by atoms with E-state index in [1.807, 2.05) is 0 Å². The van der Waals surface area contributed by atoms with Crippen LogP contribution in [0.25, 0.3) is 0 Å². The third-order valence-corrected chi connectivity index (χ3v) is 11.6. The van der Waals surface area contributed by atoms with E-state index in [-0.39, 0.29) is 22.8 Å². The number of piperidine rings is 1. The summed E-state index contributed by atoms with van der Waals surface area (Å²) in [6.45, 7) is 2.14. The van der Waals surface area contributed by atoms with Gasteiger partial charge in [0.25, 0.3) is 5.91 Å². The molecular formula is C29H39N3O7S2. The van der Waals surface area contributed by atoms with Gasteiger partial charge in [-0.3, -0.25) is 14.9 Å². The van der Waals surface area contributed by atoms with Gasteiger partial charge in [-0.1, -0.05) is 49.2 Å². The van der Waals surface area contributed by atoms with Crippen LogP contribution in [0.3, 0.4) is 0 Å². The Bertz CT molecular complexity index is 1280. The SMILES string of the molecule is O=C(O)C1CCN(c2cnc(NC(=O)C(OC3CCCCCC3)c3ccc(S(=O)(=O)C4CCOCC4)cc3)s2)CC1. The Morgan fingerprint density at radius 3 is 2.29 bits per heavy atom. The molecule has 0 spiro atoms. The van der Waals surface area contributed by atoms with Gasteiger partial charge in [0.05, 0.1) is 28.4 Å². The lowest BCUT2D eigenvalue weighted by Gasteiger charge is -2.30. The van der Waals surface area contributed by atoms with Crippen LogP contribution in [0.4, 0.5) is 10.1 Å². The standard InChI is InChI=1S/C29H39N3O7S2/c33-27(31-29-30-19-25(40-29)32-15-11-21(12-16-32)28(34)35)26(39-22-5-3-1-2-4-6-22)20-7-9-23(10-8-20)41(36,37)24-13-17-38-18-14-24/h7-10,19,21-22,24,26H,1-6,11-18H2,(H,34,35)(H,30,31,33). The predicted octanol–water partition coefficient (Wildman–Crippen LogP) is 4.82. The van der Waals surface area contributed by atoms with E-state index in [4.69, 9.17) is 9.47 Å². The fraction of sp³-hybridized carbons (Fsp3) is 0.621. The largest absolute Gasteiger partial charge is 0.481 e. The summed E-state index contributed by atoms with van der Waals surface area (Å²) in [5, 5.41) is 13.1. The average molecular weight is 606 g/mol. The van der Waals surface area contributed by atoms with E-state index >= 15 is 0 Å². The number of sulfone groups is 1. The van der Waals surface area contributed by atoms with E-state index in [1.54, 1.807) is 30.5 Å². The second-order valence-electron chi connectivity index (χ2n) is 11.1. The van der Waals surface area contributed by atoms with Crippen LogP contribution in [-0.2, 0) is 28.9 Å². The molecule has 1 aliphatic carbocycles. The van der Waals surface area contributed by atoms with Gasteiger partial charge in [0.1, 0.15) is 5.00 Å². The van der Waals surface area contributed by atoms with Crippen molar-refractivity contribution in [3.8, 4) is 0 Å². The summed E-state index contributed by atoms with van der Waals surface area (Å²) in [5.74, 6) is -1.42. The highest BCUT2D eigenvalue weighted by Gasteiger charge is 2.32. The van der Waals surface area contributed by atoms with E-state index in [0.717, 1.165) is 43.5 Å². The molecule has 5 rings (SSSR count). The lowest BCUT2D eigenvalue weighted by atomic mass is 9.97. The molecule has 2 aromatic rings. The van der Waals surface area contributed by atoms with Crippen LogP contribution in [0.5, 0.6) is 0 Å². The van der Waals surface area contributed by atoms with Crippen molar-refractivity contribution in [3.63, 3.8) is 0 Å². The van der Waals surface area contributed by atoms with E-state index in [1.165, 1.54) is 11.3 Å². The van der Waals surface area contributed by atoms with E-state index in [0.29, 0.717) is 62.7 Å². The molecule has 3 fully saturated rings. The molecule has 0 radical (unpaired) electrons. The molecule has 0 bridgehead atoms. The first-order valence-electron chi connectivity index (χ1n) is 14.6. The first-order valence-corrected chi connectivity index (χ1v) is 17.0. The molecule has 224 valence electrons. The Morgan fingerprint density at radius 1 is 1.00 bits per heavy atom.